The molecule has 1 aromatic heterocycles. The Kier molecular flexibility index (Phi) is 6.14. The van der Waals surface area contributed by atoms with Crippen LogP contribution in [0.25, 0.3) is 11.3 Å². The first kappa shape index (κ1) is 20.5. The van der Waals surface area contributed by atoms with E-state index in [0.717, 1.165) is 11.3 Å². The molecule has 0 bridgehead atoms. The Morgan fingerprint density at radius 1 is 1.18 bits per heavy atom. The van der Waals surface area contributed by atoms with E-state index in [9.17, 15) is 13.2 Å². The van der Waals surface area contributed by atoms with E-state index >= 15 is 0 Å². The summed E-state index contributed by atoms with van der Waals surface area (Å²) in [6.07, 6.45) is 0. The minimum absolute atomic E-state index is 0.0473. The predicted octanol–water partition coefficient (Wildman–Crippen LogP) is 4.32. The van der Waals surface area contributed by atoms with E-state index in [1.807, 2.05) is 17.5 Å². The van der Waals surface area contributed by atoms with Crippen LogP contribution in [0.15, 0.2) is 52.7 Å². The Bertz CT molecular complexity index is 1110. The predicted molar refractivity (Wildman–Crippen MR) is 113 cm³/mol. The minimum Gasteiger partial charge on any atom is -0.298 e. The number of thiazole rings is 1. The maximum Gasteiger partial charge on any atom is 0.257 e. The van der Waals surface area contributed by atoms with Gasteiger partial charge in [0.1, 0.15) is 0 Å². The third-order valence-corrected chi connectivity index (χ3v) is 6.52. The van der Waals surface area contributed by atoms with E-state index in [4.69, 9.17) is 11.6 Å². The summed E-state index contributed by atoms with van der Waals surface area (Å²) in [6.45, 7) is 3.71. The van der Waals surface area contributed by atoms with Crippen molar-refractivity contribution in [2.45, 2.75) is 18.7 Å². The van der Waals surface area contributed by atoms with Crippen molar-refractivity contribution in [3.05, 3.63) is 64.0 Å². The second-order valence-corrected chi connectivity index (χ2v) is 9.04. The maximum absolute atomic E-state index is 12.7. The van der Waals surface area contributed by atoms with Gasteiger partial charge in [0.25, 0.3) is 5.91 Å². The van der Waals surface area contributed by atoms with E-state index < -0.39 is 15.9 Å². The number of carbonyl (C=O) groups excluding carboxylic acids is 1. The number of nitrogens with one attached hydrogen (secondary N) is 2. The van der Waals surface area contributed by atoms with Crippen LogP contribution in [0, 0.1) is 6.92 Å². The van der Waals surface area contributed by atoms with Gasteiger partial charge in [0.15, 0.2) is 5.13 Å². The summed E-state index contributed by atoms with van der Waals surface area (Å²) in [5.41, 5.74) is 2.55. The van der Waals surface area contributed by atoms with Gasteiger partial charge in [-0.3, -0.25) is 10.1 Å². The number of aryl methyl sites for hydroxylation is 1. The summed E-state index contributed by atoms with van der Waals surface area (Å²) in [5, 5.41) is 5.63. The summed E-state index contributed by atoms with van der Waals surface area (Å²) in [4.78, 5) is 17.2. The van der Waals surface area contributed by atoms with E-state index in [1.54, 1.807) is 32.0 Å². The molecule has 3 aromatic rings. The molecule has 0 fully saturated rings. The SMILES string of the molecule is CCNS(=O)(=O)c1ccc(C)c(C(=O)Nc2nc(-c3ccc(Cl)cc3)cs2)c1. The molecule has 0 aliphatic rings. The first-order valence-corrected chi connectivity index (χ1v) is 11.2. The molecule has 1 amide bonds. The fourth-order valence-electron chi connectivity index (χ4n) is 2.54. The number of amides is 1. The molecule has 0 spiro atoms. The molecule has 0 atom stereocenters. The van der Waals surface area contributed by atoms with Crippen molar-refractivity contribution in [1.29, 1.82) is 0 Å². The number of hydrogen-bond acceptors (Lipinski definition) is 5. The van der Waals surface area contributed by atoms with Gasteiger partial charge in [0.05, 0.1) is 10.6 Å². The smallest absolute Gasteiger partial charge is 0.257 e. The summed E-state index contributed by atoms with van der Waals surface area (Å²) in [6, 6.07) is 11.7. The van der Waals surface area contributed by atoms with Gasteiger partial charge in [-0.25, -0.2) is 18.1 Å². The molecule has 28 heavy (non-hydrogen) atoms. The van der Waals surface area contributed by atoms with E-state index in [0.29, 0.717) is 15.7 Å². The first-order valence-electron chi connectivity index (χ1n) is 8.43. The topological polar surface area (TPSA) is 88.2 Å². The average Bonchev–Trinajstić information content (AvgIpc) is 3.10. The summed E-state index contributed by atoms with van der Waals surface area (Å²) >= 11 is 7.19. The molecule has 2 aromatic carbocycles. The van der Waals surface area contributed by atoms with Gasteiger partial charge in [-0.2, -0.15) is 0 Å². The summed E-state index contributed by atoms with van der Waals surface area (Å²) in [5.74, 6) is -0.414. The monoisotopic (exact) mass is 435 g/mol. The lowest BCUT2D eigenvalue weighted by molar-refractivity contribution is 0.102. The molecular formula is C19H18ClN3O3S2. The highest BCUT2D eigenvalue weighted by Crippen LogP contribution is 2.26. The molecule has 1 heterocycles. The Balaban J connectivity index is 1.83. The number of benzene rings is 2. The third kappa shape index (κ3) is 4.59. The van der Waals surface area contributed by atoms with Crippen molar-refractivity contribution in [3.63, 3.8) is 0 Å². The molecule has 2 N–H and O–H groups in total. The highest BCUT2D eigenvalue weighted by Gasteiger charge is 2.18. The summed E-state index contributed by atoms with van der Waals surface area (Å²) in [7, 11) is -3.65. The van der Waals surface area contributed by atoms with Gasteiger partial charge in [-0.05, 0) is 36.8 Å². The number of halogens is 1. The normalized spacial score (nSPS) is 11.4. The molecule has 9 heteroatoms. The lowest BCUT2D eigenvalue weighted by Gasteiger charge is -2.09. The lowest BCUT2D eigenvalue weighted by Crippen LogP contribution is -2.24. The van der Waals surface area contributed by atoms with Crippen LogP contribution >= 0.6 is 22.9 Å². The molecule has 3 rings (SSSR count). The second kappa shape index (κ2) is 8.40. The van der Waals surface area contributed by atoms with Gasteiger partial charge >= 0.3 is 0 Å². The van der Waals surface area contributed by atoms with Crippen LogP contribution in [-0.2, 0) is 10.0 Å². The Morgan fingerprint density at radius 3 is 2.57 bits per heavy atom. The minimum atomic E-state index is -3.65. The quantitative estimate of drug-likeness (QED) is 0.603. The van der Waals surface area contributed by atoms with Crippen LogP contribution in [-0.4, -0.2) is 25.9 Å². The van der Waals surface area contributed by atoms with Crippen LogP contribution < -0.4 is 10.0 Å². The zero-order valence-corrected chi connectivity index (χ0v) is 17.6. The fraction of sp³-hybridized carbons (Fsp3) is 0.158. The van der Waals surface area contributed by atoms with Crippen molar-refractivity contribution in [2.24, 2.45) is 0 Å². The van der Waals surface area contributed by atoms with Crippen molar-refractivity contribution >= 4 is 44.0 Å². The number of carbonyl (C=O) groups is 1. The van der Waals surface area contributed by atoms with E-state index in [-0.39, 0.29) is 17.0 Å². The highest BCUT2D eigenvalue weighted by atomic mass is 35.5. The average molecular weight is 436 g/mol. The molecule has 0 saturated heterocycles. The lowest BCUT2D eigenvalue weighted by atomic mass is 10.1. The van der Waals surface area contributed by atoms with E-state index in [1.165, 1.54) is 23.5 Å². The zero-order valence-electron chi connectivity index (χ0n) is 15.2. The fourth-order valence-corrected chi connectivity index (χ4v) is 4.44. The number of aromatic nitrogens is 1. The van der Waals surface area contributed by atoms with Crippen molar-refractivity contribution in [1.82, 2.24) is 9.71 Å². The van der Waals surface area contributed by atoms with E-state index in [2.05, 4.69) is 15.0 Å². The molecule has 0 aliphatic heterocycles. The molecule has 0 saturated carbocycles. The molecule has 0 aliphatic carbocycles. The van der Waals surface area contributed by atoms with Gasteiger partial charge in [-0.15, -0.1) is 11.3 Å². The molecule has 146 valence electrons. The molecule has 6 nitrogen and oxygen atoms in total. The Hall–Kier alpha value is -2.26. The van der Waals surface area contributed by atoms with Crippen molar-refractivity contribution < 1.29 is 13.2 Å². The first-order chi connectivity index (χ1) is 13.3. The van der Waals surface area contributed by atoms with Crippen LogP contribution in [0.3, 0.4) is 0 Å². The van der Waals surface area contributed by atoms with Crippen molar-refractivity contribution in [3.8, 4) is 11.3 Å². The van der Waals surface area contributed by atoms with Gasteiger partial charge in [0.2, 0.25) is 10.0 Å². The molecular weight excluding hydrogens is 418 g/mol. The number of hydrogen-bond donors (Lipinski definition) is 2. The Morgan fingerprint density at radius 2 is 1.89 bits per heavy atom. The molecule has 0 radical (unpaired) electrons. The van der Waals surface area contributed by atoms with Gasteiger partial charge < -0.3 is 0 Å². The zero-order chi connectivity index (χ0) is 20.3. The number of nitrogens with zero attached hydrogens (tertiary/aromatic N) is 1. The second-order valence-electron chi connectivity index (χ2n) is 5.98. The largest absolute Gasteiger partial charge is 0.298 e. The van der Waals surface area contributed by atoms with Crippen LogP contribution in [0.1, 0.15) is 22.8 Å². The standard InChI is InChI=1S/C19H18ClN3O3S2/c1-3-21-28(25,26)15-9-4-12(2)16(10-15)18(24)23-19-22-17(11-27-19)13-5-7-14(20)8-6-13/h4-11,21H,3H2,1-2H3,(H,22,23,24). The van der Waals surface area contributed by atoms with Crippen LogP contribution in [0.2, 0.25) is 5.02 Å². The van der Waals surface area contributed by atoms with Gasteiger partial charge in [-0.1, -0.05) is 36.7 Å². The van der Waals surface area contributed by atoms with Crippen molar-refractivity contribution in [2.75, 3.05) is 11.9 Å². The van der Waals surface area contributed by atoms with Crippen LogP contribution in [0.4, 0.5) is 5.13 Å². The third-order valence-electron chi connectivity index (χ3n) is 3.96. The van der Waals surface area contributed by atoms with Crippen LogP contribution in [0.5, 0.6) is 0 Å². The van der Waals surface area contributed by atoms with Gasteiger partial charge in [0, 0.05) is 28.1 Å². The highest BCUT2D eigenvalue weighted by molar-refractivity contribution is 7.89. The summed E-state index contributed by atoms with van der Waals surface area (Å²) < 4.78 is 26.8. The number of rotatable bonds is 6. The molecule has 0 unspecified atom stereocenters. The maximum atomic E-state index is 12.7. The number of sulfonamides is 1. The number of anilines is 1. The Labute approximate surface area is 172 Å².